The number of hydrogen-bond acceptors (Lipinski definition) is 4. The zero-order chi connectivity index (χ0) is 11.5. The second-order valence-corrected chi connectivity index (χ2v) is 4.22. The summed E-state index contributed by atoms with van der Waals surface area (Å²) in [6.07, 6.45) is 1.71. The summed E-state index contributed by atoms with van der Waals surface area (Å²) in [5.74, 6) is 0.774. The zero-order valence-electron chi connectivity index (χ0n) is 8.73. The van der Waals surface area contributed by atoms with E-state index in [4.69, 9.17) is 15.9 Å². The normalized spacial score (nSPS) is 10.3. The Balaban J connectivity index is 2.64. The van der Waals surface area contributed by atoms with Crippen molar-refractivity contribution in [3.05, 3.63) is 30.5 Å². The second-order valence-electron chi connectivity index (χ2n) is 3.13. The number of fused-ring (bicyclic) bond motifs is 1. The van der Waals surface area contributed by atoms with Gasteiger partial charge in [0.1, 0.15) is 5.75 Å². The Morgan fingerprint density at radius 1 is 1.44 bits per heavy atom. The van der Waals surface area contributed by atoms with Gasteiger partial charge in [-0.05, 0) is 24.3 Å². The third kappa shape index (κ3) is 1.94. The number of pyridine rings is 1. The van der Waals surface area contributed by atoms with Gasteiger partial charge in [-0.25, -0.2) is 0 Å². The molecule has 5 heteroatoms. The Kier molecular flexibility index (Phi) is 2.96. The van der Waals surface area contributed by atoms with Crippen LogP contribution in [-0.2, 0) is 0 Å². The Hall–Kier alpha value is -1.75. The Morgan fingerprint density at radius 3 is 2.94 bits per heavy atom. The van der Waals surface area contributed by atoms with Gasteiger partial charge in [0.2, 0.25) is 0 Å². The van der Waals surface area contributed by atoms with Crippen molar-refractivity contribution < 1.29 is 4.74 Å². The lowest BCUT2D eigenvalue weighted by Gasteiger charge is -2.08. The van der Waals surface area contributed by atoms with Gasteiger partial charge in [-0.15, -0.1) is 0 Å². The molecule has 0 saturated carbocycles. The summed E-state index contributed by atoms with van der Waals surface area (Å²) in [5.41, 5.74) is 6.18. The summed E-state index contributed by atoms with van der Waals surface area (Å²) in [7, 11) is 1.62. The van der Waals surface area contributed by atoms with E-state index < -0.39 is 0 Å². The molecule has 0 radical (unpaired) electrons. The molecule has 0 bridgehead atoms. The minimum absolute atomic E-state index is 0.0529. The maximum absolute atomic E-state index is 7.29. The highest BCUT2D eigenvalue weighted by molar-refractivity contribution is 8.13. The van der Waals surface area contributed by atoms with Crippen molar-refractivity contribution in [3.8, 4) is 5.75 Å². The Bertz CT molecular complexity index is 542. The van der Waals surface area contributed by atoms with Crippen molar-refractivity contribution in [2.24, 2.45) is 5.73 Å². The van der Waals surface area contributed by atoms with E-state index in [-0.39, 0.29) is 5.17 Å². The highest BCUT2D eigenvalue weighted by Gasteiger charge is 2.08. The van der Waals surface area contributed by atoms with Gasteiger partial charge in [0, 0.05) is 16.5 Å². The number of ether oxygens (including phenoxy) is 1. The monoisotopic (exact) mass is 233 g/mol. The van der Waals surface area contributed by atoms with Crippen LogP contribution in [0, 0.1) is 5.41 Å². The van der Waals surface area contributed by atoms with Crippen LogP contribution in [0.3, 0.4) is 0 Å². The maximum Gasteiger partial charge on any atom is 0.156 e. The highest BCUT2D eigenvalue weighted by atomic mass is 32.2. The third-order valence-corrected chi connectivity index (χ3v) is 2.90. The molecule has 1 heterocycles. The van der Waals surface area contributed by atoms with Crippen molar-refractivity contribution in [1.82, 2.24) is 4.98 Å². The van der Waals surface area contributed by atoms with Gasteiger partial charge in [-0.1, -0.05) is 11.8 Å². The highest BCUT2D eigenvalue weighted by Crippen LogP contribution is 2.32. The Morgan fingerprint density at radius 2 is 2.25 bits per heavy atom. The number of benzene rings is 1. The van der Waals surface area contributed by atoms with E-state index in [1.807, 2.05) is 24.3 Å². The van der Waals surface area contributed by atoms with Gasteiger partial charge in [-0.2, -0.15) is 0 Å². The van der Waals surface area contributed by atoms with E-state index in [1.165, 1.54) is 11.8 Å². The average molecular weight is 233 g/mol. The number of aromatic nitrogens is 1. The molecule has 16 heavy (non-hydrogen) atoms. The molecule has 0 aliphatic rings. The molecule has 2 aromatic rings. The standard InChI is InChI=1S/C11H11N3OS/c1-15-8-4-5-9(16-11(12)13)10-7(8)3-2-6-14-10/h2-6H,1H3,(H3,12,13). The molecule has 0 saturated heterocycles. The fraction of sp³-hybridized carbons (Fsp3) is 0.0909. The molecule has 0 spiro atoms. The predicted molar refractivity (Wildman–Crippen MR) is 66.1 cm³/mol. The van der Waals surface area contributed by atoms with Crippen molar-refractivity contribution >= 4 is 27.8 Å². The van der Waals surface area contributed by atoms with Gasteiger partial charge < -0.3 is 10.5 Å². The minimum Gasteiger partial charge on any atom is -0.496 e. The average Bonchev–Trinajstić information content (AvgIpc) is 2.29. The van der Waals surface area contributed by atoms with Gasteiger partial charge >= 0.3 is 0 Å². The SMILES string of the molecule is COc1ccc(SC(=N)N)c2ncccc12. The molecule has 0 unspecified atom stereocenters. The van der Waals surface area contributed by atoms with E-state index in [2.05, 4.69) is 4.98 Å². The first-order valence-corrected chi connectivity index (χ1v) is 5.47. The van der Waals surface area contributed by atoms with Crippen molar-refractivity contribution in [3.63, 3.8) is 0 Å². The largest absolute Gasteiger partial charge is 0.496 e. The summed E-state index contributed by atoms with van der Waals surface area (Å²) in [4.78, 5) is 5.15. The molecule has 82 valence electrons. The Labute approximate surface area is 97.3 Å². The molecule has 2 rings (SSSR count). The molecule has 3 N–H and O–H groups in total. The van der Waals surface area contributed by atoms with E-state index in [9.17, 15) is 0 Å². The van der Waals surface area contributed by atoms with Crippen LogP contribution >= 0.6 is 11.8 Å². The molecular formula is C11H11N3OS. The van der Waals surface area contributed by atoms with Crippen LogP contribution in [0.5, 0.6) is 5.75 Å². The number of amidine groups is 1. The quantitative estimate of drug-likeness (QED) is 0.474. The molecule has 0 aliphatic carbocycles. The van der Waals surface area contributed by atoms with Gasteiger partial charge in [-0.3, -0.25) is 10.4 Å². The summed E-state index contributed by atoms with van der Waals surface area (Å²) in [6.45, 7) is 0. The molecule has 0 fully saturated rings. The summed E-state index contributed by atoms with van der Waals surface area (Å²) in [6, 6.07) is 7.51. The fourth-order valence-corrected chi connectivity index (χ4v) is 2.13. The molecule has 1 aromatic carbocycles. The lowest BCUT2D eigenvalue weighted by atomic mass is 10.2. The molecule has 0 amide bonds. The van der Waals surface area contributed by atoms with E-state index in [0.717, 1.165) is 21.5 Å². The molecular weight excluding hydrogens is 222 g/mol. The van der Waals surface area contributed by atoms with Crippen LogP contribution in [0.4, 0.5) is 0 Å². The minimum atomic E-state index is 0.0529. The van der Waals surface area contributed by atoms with E-state index in [0.29, 0.717) is 0 Å². The van der Waals surface area contributed by atoms with Gasteiger partial charge in [0.05, 0.1) is 12.6 Å². The first-order chi connectivity index (χ1) is 7.72. The molecule has 4 nitrogen and oxygen atoms in total. The lowest BCUT2D eigenvalue weighted by molar-refractivity contribution is 0.419. The number of nitrogens with one attached hydrogen (secondary N) is 1. The smallest absolute Gasteiger partial charge is 0.156 e. The molecule has 1 aromatic heterocycles. The maximum atomic E-state index is 7.29. The summed E-state index contributed by atoms with van der Waals surface area (Å²) >= 11 is 1.19. The first-order valence-electron chi connectivity index (χ1n) is 4.66. The number of thioether (sulfide) groups is 1. The topological polar surface area (TPSA) is 72.0 Å². The van der Waals surface area contributed by atoms with Crippen LogP contribution in [0.2, 0.25) is 0 Å². The van der Waals surface area contributed by atoms with Crippen LogP contribution < -0.4 is 10.5 Å². The zero-order valence-corrected chi connectivity index (χ0v) is 9.54. The van der Waals surface area contributed by atoms with Crippen molar-refractivity contribution in [2.75, 3.05) is 7.11 Å². The third-order valence-electron chi connectivity index (χ3n) is 2.13. The van der Waals surface area contributed by atoms with Crippen molar-refractivity contribution in [2.45, 2.75) is 4.90 Å². The summed E-state index contributed by atoms with van der Waals surface area (Å²) in [5, 5.41) is 8.27. The van der Waals surface area contributed by atoms with Crippen LogP contribution in [0.15, 0.2) is 35.4 Å². The summed E-state index contributed by atoms with van der Waals surface area (Å²) < 4.78 is 5.25. The first kappa shape index (κ1) is 10.8. The molecule has 0 aliphatic heterocycles. The van der Waals surface area contributed by atoms with Gasteiger partial charge in [0.15, 0.2) is 5.17 Å². The van der Waals surface area contributed by atoms with E-state index in [1.54, 1.807) is 13.3 Å². The number of rotatable bonds is 2. The number of methoxy groups -OCH3 is 1. The number of nitrogens with two attached hydrogens (primary N) is 1. The predicted octanol–water partition coefficient (Wildman–Crippen LogP) is 2.23. The number of nitrogens with zero attached hydrogens (tertiary/aromatic N) is 1. The van der Waals surface area contributed by atoms with Crippen LogP contribution in [0.1, 0.15) is 0 Å². The lowest BCUT2D eigenvalue weighted by Crippen LogP contribution is -2.03. The van der Waals surface area contributed by atoms with Crippen LogP contribution in [-0.4, -0.2) is 17.3 Å². The van der Waals surface area contributed by atoms with Crippen LogP contribution in [0.25, 0.3) is 10.9 Å². The number of hydrogen-bond donors (Lipinski definition) is 2. The van der Waals surface area contributed by atoms with E-state index >= 15 is 0 Å². The fourth-order valence-electron chi connectivity index (χ4n) is 1.50. The van der Waals surface area contributed by atoms with Gasteiger partial charge in [0.25, 0.3) is 0 Å². The second kappa shape index (κ2) is 4.40. The van der Waals surface area contributed by atoms with Crippen molar-refractivity contribution in [1.29, 1.82) is 5.41 Å². The molecule has 0 atom stereocenters.